The van der Waals surface area contributed by atoms with E-state index in [9.17, 15) is 4.79 Å². The lowest BCUT2D eigenvalue weighted by atomic mass is 9.78. The van der Waals surface area contributed by atoms with Crippen molar-refractivity contribution in [2.75, 3.05) is 13.1 Å². The van der Waals surface area contributed by atoms with E-state index in [1.807, 2.05) is 0 Å². The lowest BCUT2D eigenvalue weighted by Crippen LogP contribution is -2.46. The van der Waals surface area contributed by atoms with Crippen molar-refractivity contribution in [2.24, 2.45) is 5.92 Å². The Labute approximate surface area is 97.1 Å². The van der Waals surface area contributed by atoms with Gasteiger partial charge < -0.3 is 5.11 Å². The highest BCUT2D eigenvalue weighted by Crippen LogP contribution is 2.34. The molecule has 2 unspecified atom stereocenters. The molecule has 0 spiro atoms. The second-order valence-electron chi connectivity index (χ2n) is 4.99. The minimum atomic E-state index is -0.836. The van der Waals surface area contributed by atoms with Crippen LogP contribution in [-0.4, -0.2) is 35.1 Å². The van der Waals surface area contributed by atoms with Crippen LogP contribution >= 0.6 is 0 Å². The van der Waals surface area contributed by atoms with E-state index in [1.54, 1.807) is 6.08 Å². The molecule has 2 fully saturated rings. The van der Waals surface area contributed by atoms with Crippen LogP contribution in [0.4, 0.5) is 0 Å². The molecule has 2 aliphatic rings. The Bertz CT molecular complexity index is 273. The molecular weight excluding hydrogens is 202 g/mol. The Morgan fingerprint density at radius 1 is 1.25 bits per heavy atom. The van der Waals surface area contributed by atoms with Gasteiger partial charge in [0.05, 0.1) is 0 Å². The lowest BCUT2D eigenvalue weighted by Gasteiger charge is -2.43. The number of carboxylic acid groups (broad SMARTS) is 1. The summed E-state index contributed by atoms with van der Waals surface area (Å²) in [5.74, 6) is 0.0398. The van der Waals surface area contributed by atoms with Crippen LogP contribution in [0.2, 0.25) is 0 Å². The minimum Gasteiger partial charge on any atom is -0.478 e. The van der Waals surface area contributed by atoms with Gasteiger partial charge >= 0.3 is 5.97 Å². The topological polar surface area (TPSA) is 40.5 Å². The van der Waals surface area contributed by atoms with E-state index < -0.39 is 5.97 Å². The minimum absolute atomic E-state index is 0.723. The van der Waals surface area contributed by atoms with Crippen LogP contribution < -0.4 is 0 Å². The monoisotopic (exact) mass is 223 g/mol. The first-order chi connectivity index (χ1) is 7.77. The number of hydrogen-bond acceptors (Lipinski definition) is 2. The summed E-state index contributed by atoms with van der Waals surface area (Å²) in [4.78, 5) is 12.9. The van der Waals surface area contributed by atoms with Crippen LogP contribution in [0.5, 0.6) is 0 Å². The van der Waals surface area contributed by atoms with Crippen LogP contribution in [0.3, 0.4) is 0 Å². The Balaban J connectivity index is 1.89. The SMILES string of the molecule is O=C(O)C=CCN1CCCC2CCCCC21. The predicted octanol–water partition coefficient (Wildman–Crippen LogP) is 2.28. The molecule has 1 saturated carbocycles. The van der Waals surface area contributed by atoms with E-state index in [0.29, 0.717) is 0 Å². The van der Waals surface area contributed by atoms with Crippen molar-refractivity contribution < 1.29 is 9.90 Å². The quantitative estimate of drug-likeness (QED) is 0.746. The molecule has 1 heterocycles. The fourth-order valence-electron chi connectivity index (χ4n) is 3.24. The summed E-state index contributed by atoms with van der Waals surface area (Å²) < 4.78 is 0. The van der Waals surface area contributed by atoms with Crippen LogP contribution in [0, 0.1) is 5.92 Å². The van der Waals surface area contributed by atoms with Crippen molar-refractivity contribution in [3.63, 3.8) is 0 Å². The molecule has 0 aromatic carbocycles. The van der Waals surface area contributed by atoms with Gasteiger partial charge in [-0.25, -0.2) is 4.79 Å². The van der Waals surface area contributed by atoms with E-state index in [4.69, 9.17) is 5.11 Å². The zero-order valence-corrected chi connectivity index (χ0v) is 9.77. The number of piperidine rings is 1. The van der Waals surface area contributed by atoms with Gasteiger partial charge in [-0.1, -0.05) is 18.9 Å². The van der Waals surface area contributed by atoms with Crippen molar-refractivity contribution >= 4 is 5.97 Å². The molecular formula is C13H21NO2. The van der Waals surface area contributed by atoms with Gasteiger partial charge in [0.15, 0.2) is 0 Å². The maximum Gasteiger partial charge on any atom is 0.328 e. The van der Waals surface area contributed by atoms with E-state index >= 15 is 0 Å². The molecule has 90 valence electrons. The normalized spacial score (nSPS) is 31.5. The van der Waals surface area contributed by atoms with Crippen LogP contribution in [0.15, 0.2) is 12.2 Å². The van der Waals surface area contributed by atoms with Gasteiger partial charge in [-0.15, -0.1) is 0 Å². The molecule has 0 aromatic heterocycles. The van der Waals surface area contributed by atoms with E-state index in [2.05, 4.69) is 4.90 Å². The Morgan fingerprint density at radius 2 is 2.00 bits per heavy atom. The molecule has 1 aliphatic heterocycles. The molecule has 1 saturated heterocycles. The molecule has 3 heteroatoms. The van der Waals surface area contributed by atoms with Gasteiger partial charge in [0, 0.05) is 18.7 Å². The predicted molar refractivity (Wildman–Crippen MR) is 63.3 cm³/mol. The van der Waals surface area contributed by atoms with E-state index in [1.165, 1.54) is 44.6 Å². The number of rotatable bonds is 3. The Hall–Kier alpha value is -0.830. The standard InChI is InChI=1S/C13H21NO2/c15-13(16)8-4-10-14-9-3-6-11-5-1-2-7-12(11)14/h4,8,11-12H,1-3,5-7,9-10H2,(H,15,16). The fourth-order valence-corrected chi connectivity index (χ4v) is 3.24. The highest BCUT2D eigenvalue weighted by Gasteiger charge is 2.32. The number of nitrogens with zero attached hydrogens (tertiary/aromatic N) is 1. The Morgan fingerprint density at radius 3 is 2.81 bits per heavy atom. The highest BCUT2D eigenvalue weighted by molar-refractivity contribution is 5.79. The second-order valence-corrected chi connectivity index (χ2v) is 4.99. The summed E-state index contributed by atoms with van der Waals surface area (Å²) in [6, 6.07) is 0.723. The van der Waals surface area contributed by atoms with Crippen molar-refractivity contribution in [3.8, 4) is 0 Å². The van der Waals surface area contributed by atoms with Crippen LogP contribution in [-0.2, 0) is 4.79 Å². The molecule has 16 heavy (non-hydrogen) atoms. The van der Waals surface area contributed by atoms with Crippen molar-refractivity contribution in [2.45, 2.75) is 44.6 Å². The van der Waals surface area contributed by atoms with Gasteiger partial charge in [-0.2, -0.15) is 0 Å². The summed E-state index contributed by atoms with van der Waals surface area (Å²) >= 11 is 0. The molecule has 1 aliphatic carbocycles. The smallest absolute Gasteiger partial charge is 0.328 e. The zero-order valence-electron chi connectivity index (χ0n) is 9.77. The largest absolute Gasteiger partial charge is 0.478 e. The van der Waals surface area contributed by atoms with Gasteiger partial charge in [-0.3, -0.25) is 4.90 Å². The number of aliphatic carboxylic acids is 1. The third-order valence-corrected chi connectivity index (χ3v) is 3.96. The maximum absolute atomic E-state index is 10.4. The summed E-state index contributed by atoms with van der Waals surface area (Å²) in [5, 5.41) is 8.57. The Kier molecular flexibility index (Phi) is 3.99. The first kappa shape index (κ1) is 11.6. The highest BCUT2D eigenvalue weighted by atomic mass is 16.4. The van der Waals surface area contributed by atoms with Crippen molar-refractivity contribution in [1.82, 2.24) is 4.90 Å². The molecule has 1 N–H and O–H groups in total. The van der Waals surface area contributed by atoms with Gasteiger partial charge in [0.25, 0.3) is 0 Å². The third kappa shape index (κ3) is 2.85. The summed E-state index contributed by atoms with van der Waals surface area (Å²) in [7, 11) is 0. The number of carbonyl (C=O) groups is 1. The average Bonchev–Trinajstić information content (AvgIpc) is 2.29. The lowest BCUT2D eigenvalue weighted by molar-refractivity contribution is -0.131. The number of fused-ring (bicyclic) bond motifs is 1. The molecule has 3 nitrogen and oxygen atoms in total. The first-order valence-electron chi connectivity index (χ1n) is 6.41. The average molecular weight is 223 g/mol. The van der Waals surface area contributed by atoms with Gasteiger partial charge in [0.1, 0.15) is 0 Å². The van der Waals surface area contributed by atoms with Crippen LogP contribution in [0.1, 0.15) is 38.5 Å². The number of hydrogen-bond donors (Lipinski definition) is 1. The molecule has 2 rings (SSSR count). The maximum atomic E-state index is 10.4. The van der Waals surface area contributed by atoms with Gasteiger partial charge in [0.2, 0.25) is 0 Å². The van der Waals surface area contributed by atoms with Crippen LogP contribution in [0.25, 0.3) is 0 Å². The van der Waals surface area contributed by atoms with Crippen molar-refractivity contribution in [1.29, 1.82) is 0 Å². The summed E-state index contributed by atoms with van der Waals surface area (Å²) in [6.07, 6.45) is 11.1. The molecule has 0 aromatic rings. The van der Waals surface area contributed by atoms with Crippen molar-refractivity contribution in [3.05, 3.63) is 12.2 Å². The number of likely N-dealkylation sites (tertiary alicyclic amines) is 1. The number of carboxylic acids is 1. The molecule has 0 bridgehead atoms. The summed E-state index contributed by atoms with van der Waals surface area (Å²) in [5.41, 5.74) is 0. The second kappa shape index (κ2) is 5.48. The van der Waals surface area contributed by atoms with E-state index in [-0.39, 0.29) is 0 Å². The molecule has 0 radical (unpaired) electrons. The molecule has 0 amide bonds. The van der Waals surface area contributed by atoms with Gasteiger partial charge in [-0.05, 0) is 38.1 Å². The molecule has 2 atom stereocenters. The summed E-state index contributed by atoms with van der Waals surface area (Å²) in [6.45, 7) is 1.96. The zero-order chi connectivity index (χ0) is 11.4. The van der Waals surface area contributed by atoms with E-state index in [0.717, 1.165) is 25.0 Å². The first-order valence-corrected chi connectivity index (χ1v) is 6.41. The fraction of sp³-hybridized carbons (Fsp3) is 0.769. The third-order valence-electron chi connectivity index (χ3n) is 3.96.